The maximum Gasteiger partial charge on any atom is 0.273 e. The molecule has 0 N–H and O–H groups in total. The summed E-state index contributed by atoms with van der Waals surface area (Å²) in [5.41, 5.74) is 1.41. The number of nitrogens with zero attached hydrogens (tertiary/aromatic N) is 3. The highest BCUT2D eigenvalue weighted by Gasteiger charge is 2.34. The summed E-state index contributed by atoms with van der Waals surface area (Å²) in [6.45, 7) is 1.38. The van der Waals surface area contributed by atoms with Crippen LogP contribution >= 0.6 is 23.1 Å². The topological polar surface area (TPSA) is 87.7 Å². The van der Waals surface area contributed by atoms with E-state index in [0.717, 1.165) is 23.4 Å². The SMILES string of the molecule is CSc1ccc(CC(=O)N2CCC(c3nc(C(=O)N(C)C4CCS(=O)(=O)C4)cs3)CC2)cc1. The van der Waals surface area contributed by atoms with E-state index >= 15 is 0 Å². The average molecular weight is 508 g/mol. The summed E-state index contributed by atoms with van der Waals surface area (Å²) in [4.78, 5) is 34.8. The molecule has 1 unspecified atom stereocenters. The van der Waals surface area contributed by atoms with Crippen molar-refractivity contribution in [3.63, 3.8) is 0 Å². The van der Waals surface area contributed by atoms with E-state index < -0.39 is 9.84 Å². The minimum Gasteiger partial charge on any atom is -0.342 e. The number of piperidine rings is 1. The highest BCUT2D eigenvalue weighted by Crippen LogP contribution is 2.31. The first-order valence-electron chi connectivity index (χ1n) is 11.1. The van der Waals surface area contributed by atoms with Crippen LogP contribution in [0.2, 0.25) is 0 Å². The van der Waals surface area contributed by atoms with Gasteiger partial charge in [0, 0.05) is 42.4 Å². The van der Waals surface area contributed by atoms with Gasteiger partial charge in [0.1, 0.15) is 5.69 Å². The fourth-order valence-electron chi connectivity index (χ4n) is 4.41. The Morgan fingerprint density at radius 2 is 1.88 bits per heavy atom. The van der Waals surface area contributed by atoms with E-state index in [9.17, 15) is 18.0 Å². The lowest BCUT2D eigenvalue weighted by molar-refractivity contribution is -0.131. The summed E-state index contributed by atoms with van der Waals surface area (Å²) in [7, 11) is -1.39. The summed E-state index contributed by atoms with van der Waals surface area (Å²) in [6.07, 6.45) is 4.59. The molecule has 2 amide bonds. The molecule has 3 heterocycles. The Balaban J connectivity index is 1.30. The number of thiazole rings is 1. The van der Waals surface area contributed by atoms with Gasteiger partial charge in [-0.1, -0.05) is 12.1 Å². The van der Waals surface area contributed by atoms with Gasteiger partial charge >= 0.3 is 0 Å². The van der Waals surface area contributed by atoms with Gasteiger partial charge in [-0.15, -0.1) is 23.1 Å². The third kappa shape index (κ3) is 5.78. The van der Waals surface area contributed by atoms with Gasteiger partial charge in [-0.25, -0.2) is 13.4 Å². The van der Waals surface area contributed by atoms with Crippen LogP contribution in [0, 0.1) is 0 Å². The van der Waals surface area contributed by atoms with Gasteiger partial charge in [0.05, 0.1) is 22.9 Å². The lowest BCUT2D eigenvalue weighted by Crippen LogP contribution is -2.39. The average Bonchev–Trinajstić information content (AvgIpc) is 3.45. The normalized spacial score (nSPS) is 20.7. The van der Waals surface area contributed by atoms with Crippen molar-refractivity contribution in [1.29, 1.82) is 0 Å². The Morgan fingerprint density at radius 3 is 2.48 bits per heavy atom. The summed E-state index contributed by atoms with van der Waals surface area (Å²) < 4.78 is 23.5. The predicted octanol–water partition coefficient (Wildman–Crippen LogP) is 3.07. The van der Waals surface area contributed by atoms with E-state index in [2.05, 4.69) is 4.98 Å². The van der Waals surface area contributed by atoms with E-state index in [1.807, 2.05) is 35.4 Å². The minimum absolute atomic E-state index is 0.0282. The molecule has 0 spiro atoms. The van der Waals surface area contributed by atoms with Crippen LogP contribution in [0.1, 0.15) is 46.2 Å². The number of aromatic nitrogens is 1. The van der Waals surface area contributed by atoms with E-state index in [1.54, 1.807) is 24.2 Å². The van der Waals surface area contributed by atoms with Crippen molar-refractivity contribution in [3.05, 3.63) is 45.9 Å². The van der Waals surface area contributed by atoms with Gasteiger partial charge in [-0.2, -0.15) is 0 Å². The Labute approximate surface area is 203 Å². The molecule has 2 aromatic rings. The summed E-state index contributed by atoms with van der Waals surface area (Å²) >= 11 is 3.16. The first-order chi connectivity index (χ1) is 15.8. The number of sulfone groups is 1. The van der Waals surface area contributed by atoms with Crippen molar-refractivity contribution in [2.45, 2.75) is 42.5 Å². The zero-order valence-electron chi connectivity index (χ0n) is 18.9. The van der Waals surface area contributed by atoms with Crippen LogP contribution in [0.5, 0.6) is 0 Å². The number of hydrogen-bond donors (Lipinski definition) is 0. The van der Waals surface area contributed by atoms with Crippen molar-refractivity contribution in [2.24, 2.45) is 0 Å². The van der Waals surface area contributed by atoms with Crippen molar-refractivity contribution < 1.29 is 18.0 Å². The van der Waals surface area contributed by atoms with Gasteiger partial charge in [-0.05, 0) is 43.2 Å². The molecule has 2 aliphatic heterocycles. The van der Waals surface area contributed by atoms with Crippen molar-refractivity contribution in [2.75, 3.05) is 37.9 Å². The van der Waals surface area contributed by atoms with E-state index in [-0.39, 0.29) is 35.3 Å². The van der Waals surface area contributed by atoms with Crippen LogP contribution in [0.3, 0.4) is 0 Å². The molecule has 33 heavy (non-hydrogen) atoms. The van der Waals surface area contributed by atoms with Crippen LogP contribution in [0.25, 0.3) is 0 Å². The summed E-state index contributed by atoms with van der Waals surface area (Å²) in [5, 5.41) is 2.69. The molecular formula is C23H29N3O4S3. The molecule has 178 valence electrons. The number of amides is 2. The Hall–Kier alpha value is -1.91. The number of benzene rings is 1. The van der Waals surface area contributed by atoms with Crippen LogP contribution in [-0.4, -0.2) is 79.0 Å². The zero-order chi connectivity index (χ0) is 23.6. The van der Waals surface area contributed by atoms with E-state index in [0.29, 0.717) is 31.6 Å². The third-order valence-electron chi connectivity index (χ3n) is 6.53. The quantitative estimate of drug-likeness (QED) is 0.559. The molecule has 0 bridgehead atoms. The van der Waals surface area contributed by atoms with Crippen molar-refractivity contribution in [1.82, 2.24) is 14.8 Å². The second-order valence-electron chi connectivity index (χ2n) is 8.72. The highest BCUT2D eigenvalue weighted by atomic mass is 32.2. The van der Waals surface area contributed by atoms with Gasteiger partial charge in [0.2, 0.25) is 5.91 Å². The standard InChI is InChI=1S/C23H29N3O4S3/c1-25(18-9-12-33(29,30)15-18)23(28)20-14-32-22(24-20)17-7-10-26(11-8-17)21(27)13-16-3-5-19(31-2)6-4-16/h3-6,14,17-18H,7-13,15H2,1-2H3. The Morgan fingerprint density at radius 1 is 1.18 bits per heavy atom. The van der Waals surface area contributed by atoms with E-state index in [4.69, 9.17) is 0 Å². The van der Waals surface area contributed by atoms with Gasteiger partial charge < -0.3 is 9.80 Å². The van der Waals surface area contributed by atoms with Crippen molar-refractivity contribution >= 4 is 44.8 Å². The summed E-state index contributed by atoms with van der Waals surface area (Å²) in [6, 6.07) is 7.85. The number of rotatable bonds is 6. The number of thioether (sulfide) groups is 1. The zero-order valence-corrected chi connectivity index (χ0v) is 21.3. The maximum atomic E-state index is 12.8. The predicted molar refractivity (Wildman–Crippen MR) is 132 cm³/mol. The van der Waals surface area contributed by atoms with E-state index in [1.165, 1.54) is 21.1 Å². The second kappa shape index (κ2) is 10.1. The van der Waals surface area contributed by atoms with Crippen LogP contribution in [0.4, 0.5) is 0 Å². The Bertz CT molecular complexity index is 1110. The molecule has 10 heteroatoms. The minimum atomic E-state index is -3.05. The third-order valence-corrected chi connectivity index (χ3v) is 10.0. The smallest absolute Gasteiger partial charge is 0.273 e. The van der Waals surface area contributed by atoms with Crippen molar-refractivity contribution in [3.8, 4) is 0 Å². The lowest BCUT2D eigenvalue weighted by Gasteiger charge is -2.31. The van der Waals surface area contributed by atoms with Crippen LogP contribution < -0.4 is 0 Å². The summed E-state index contributed by atoms with van der Waals surface area (Å²) in [5.74, 6) is 0.324. The number of hydrogen-bond acceptors (Lipinski definition) is 7. The molecule has 2 saturated heterocycles. The number of carbonyl (C=O) groups is 2. The fourth-order valence-corrected chi connectivity index (χ4v) is 7.55. The molecule has 1 atom stereocenters. The second-order valence-corrected chi connectivity index (χ2v) is 12.7. The first-order valence-corrected chi connectivity index (χ1v) is 15.0. The fraction of sp³-hybridized carbons (Fsp3) is 0.522. The maximum absolute atomic E-state index is 12.8. The molecule has 0 aliphatic carbocycles. The molecule has 2 fully saturated rings. The molecule has 2 aliphatic rings. The van der Waals surface area contributed by atoms with Crippen LogP contribution in [0.15, 0.2) is 34.5 Å². The molecule has 7 nitrogen and oxygen atoms in total. The van der Waals surface area contributed by atoms with Gasteiger partial charge in [-0.3, -0.25) is 9.59 Å². The first kappa shape index (κ1) is 24.2. The molecule has 1 aromatic heterocycles. The Kier molecular flexibility index (Phi) is 7.45. The lowest BCUT2D eigenvalue weighted by atomic mass is 9.97. The number of carbonyl (C=O) groups excluding carboxylic acids is 2. The largest absolute Gasteiger partial charge is 0.342 e. The molecule has 0 saturated carbocycles. The van der Waals surface area contributed by atoms with Crippen LogP contribution in [-0.2, 0) is 21.1 Å². The molecule has 0 radical (unpaired) electrons. The molecule has 4 rings (SSSR count). The molecule has 1 aromatic carbocycles. The molecular weight excluding hydrogens is 478 g/mol. The van der Waals surface area contributed by atoms with Gasteiger partial charge in [0.25, 0.3) is 5.91 Å². The van der Waals surface area contributed by atoms with Gasteiger partial charge in [0.15, 0.2) is 9.84 Å². The monoisotopic (exact) mass is 507 g/mol. The number of likely N-dealkylation sites (tertiary alicyclic amines) is 1. The highest BCUT2D eigenvalue weighted by molar-refractivity contribution is 7.98.